The summed E-state index contributed by atoms with van der Waals surface area (Å²) >= 11 is 0. The van der Waals surface area contributed by atoms with Crippen LogP contribution < -0.4 is 10.5 Å². The predicted octanol–water partition coefficient (Wildman–Crippen LogP) is 2.51. The molecule has 82 valence electrons. The van der Waals surface area contributed by atoms with Gasteiger partial charge < -0.3 is 10.5 Å². The van der Waals surface area contributed by atoms with Crippen LogP contribution in [0.5, 0.6) is 5.75 Å². The van der Waals surface area contributed by atoms with Crippen molar-refractivity contribution in [1.82, 2.24) is 0 Å². The molecule has 1 aromatic rings. The number of ether oxygens (including phenoxy) is 1. The number of ketones is 1. The summed E-state index contributed by atoms with van der Waals surface area (Å²) in [5.74, 6) is 0.740. The summed E-state index contributed by atoms with van der Waals surface area (Å²) in [6.45, 7) is 3.89. The smallest absolute Gasteiger partial charge is 0.167 e. The average molecular weight is 207 g/mol. The maximum atomic E-state index is 11.9. The van der Waals surface area contributed by atoms with Gasteiger partial charge in [-0.3, -0.25) is 4.79 Å². The van der Waals surface area contributed by atoms with Gasteiger partial charge in [-0.15, -0.1) is 0 Å². The van der Waals surface area contributed by atoms with E-state index in [0.29, 0.717) is 17.0 Å². The van der Waals surface area contributed by atoms with Crippen LogP contribution in [0.25, 0.3) is 0 Å². The Kier molecular flexibility index (Phi) is 3.72. The zero-order valence-corrected chi connectivity index (χ0v) is 9.41. The van der Waals surface area contributed by atoms with Crippen molar-refractivity contribution in [3.8, 4) is 5.75 Å². The van der Waals surface area contributed by atoms with Gasteiger partial charge in [-0.1, -0.05) is 13.8 Å². The van der Waals surface area contributed by atoms with Gasteiger partial charge in [-0.05, 0) is 24.6 Å². The van der Waals surface area contributed by atoms with E-state index in [-0.39, 0.29) is 11.7 Å². The van der Waals surface area contributed by atoms with Crippen LogP contribution in [0.4, 0.5) is 5.69 Å². The molecule has 0 saturated carbocycles. The molecule has 0 aliphatic rings. The number of carbonyl (C=O) groups excluding carboxylic acids is 1. The number of rotatable bonds is 4. The van der Waals surface area contributed by atoms with E-state index in [1.807, 2.05) is 13.8 Å². The first-order valence-corrected chi connectivity index (χ1v) is 5.07. The Morgan fingerprint density at radius 2 is 2.20 bits per heavy atom. The van der Waals surface area contributed by atoms with Gasteiger partial charge in [0, 0.05) is 17.2 Å². The van der Waals surface area contributed by atoms with Crippen LogP contribution in [0.2, 0.25) is 0 Å². The van der Waals surface area contributed by atoms with E-state index in [1.165, 1.54) is 0 Å². The third-order valence-corrected chi connectivity index (χ3v) is 2.59. The van der Waals surface area contributed by atoms with Crippen molar-refractivity contribution >= 4 is 11.5 Å². The highest BCUT2D eigenvalue weighted by Gasteiger charge is 2.16. The van der Waals surface area contributed by atoms with Gasteiger partial charge in [0.1, 0.15) is 5.75 Å². The van der Waals surface area contributed by atoms with E-state index in [4.69, 9.17) is 10.5 Å². The van der Waals surface area contributed by atoms with Crippen LogP contribution in [0, 0.1) is 5.92 Å². The van der Waals surface area contributed by atoms with Crippen LogP contribution in [-0.4, -0.2) is 12.9 Å². The molecule has 0 amide bonds. The molecule has 3 nitrogen and oxygen atoms in total. The molecule has 1 rings (SSSR count). The van der Waals surface area contributed by atoms with Gasteiger partial charge in [0.15, 0.2) is 5.78 Å². The van der Waals surface area contributed by atoms with Crippen LogP contribution >= 0.6 is 0 Å². The molecule has 2 N–H and O–H groups in total. The fourth-order valence-electron chi connectivity index (χ4n) is 1.33. The monoisotopic (exact) mass is 207 g/mol. The second kappa shape index (κ2) is 4.82. The zero-order valence-electron chi connectivity index (χ0n) is 9.41. The minimum absolute atomic E-state index is 0.000550. The van der Waals surface area contributed by atoms with Gasteiger partial charge in [0.2, 0.25) is 0 Å². The number of nitrogen functional groups attached to an aromatic ring is 1. The lowest BCUT2D eigenvalue weighted by Crippen LogP contribution is -2.12. The Labute approximate surface area is 90.2 Å². The molecule has 0 aliphatic carbocycles. The Morgan fingerprint density at radius 3 is 2.73 bits per heavy atom. The molecule has 0 spiro atoms. The molecule has 0 fully saturated rings. The van der Waals surface area contributed by atoms with Crippen molar-refractivity contribution in [3.63, 3.8) is 0 Å². The number of anilines is 1. The molecular formula is C12H17NO2. The number of hydrogen-bond acceptors (Lipinski definition) is 3. The van der Waals surface area contributed by atoms with E-state index in [9.17, 15) is 4.79 Å². The number of methoxy groups -OCH3 is 1. The molecule has 0 aromatic heterocycles. The van der Waals surface area contributed by atoms with Gasteiger partial charge in [0.05, 0.1) is 7.11 Å². The van der Waals surface area contributed by atoms with Gasteiger partial charge in [-0.2, -0.15) is 0 Å². The molecule has 0 bridgehead atoms. The first-order valence-electron chi connectivity index (χ1n) is 5.07. The Hall–Kier alpha value is -1.51. The molecule has 0 radical (unpaired) electrons. The third kappa shape index (κ3) is 2.49. The Bertz CT molecular complexity index is 361. The molecule has 1 aromatic carbocycles. The van der Waals surface area contributed by atoms with Crippen molar-refractivity contribution < 1.29 is 9.53 Å². The molecule has 15 heavy (non-hydrogen) atoms. The van der Waals surface area contributed by atoms with Crippen LogP contribution in [-0.2, 0) is 0 Å². The molecular weight excluding hydrogens is 190 g/mol. The van der Waals surface area contributed by atoms with E-state index >= 15 is 0 Å². The van der Waals surface area contributed by atoms with Crippen LogP contribution in [0.15, 0.2) is 18.2 Å². The second-order valence-electron chi connectivity index (χ2n) is 3.63. The lowest BCUT2D eigenvalue weighted by Gasteiger charge is -2.11. The maximum absolute atomic E-state index is 11.9. The molecule has 1 atom stereocenters. The van der Waals surface area contributed by atoms with Crippen molar-refractivity contribution in [3.05, 3.63) is 23.8 Å². The van der Waals surface area contributed by atoms with Crippen molar-refractivity contribution in [2.45, 2.75) is 20.3 Å². The number of hydrogen-bond donors (Lipinski definition) is 1. The minimum atomic E-state index is -0.000550. The topological polar surface area (TPSA) is 52.3 Å². The molecule has 0 heterocycles. The number of benzene rings is 1. The summed E-state index contributed by atoms with van der Waals surface area (Å²) in [5.41, 5.74) is 6.84. The highest BCUT2D eigenvalue weighted by Crippen LogP contribution is 2.23. The van der Waals surface area contributed by atoms with Crippen molar-refractivity contribution in [1.29, 1.82) is 0 Å². The zero-order chi connectivity index (χ0) is 11.4. The molecule has 3 heteroatoms. The fraction of sp³-hybridized carbons (Fsp3) is 0.417. The van der Waals surface area contributed by atoms with E-state index in [2.05, 4.69) is 0 Å². The van der Waals surface area contributed by atoms with E-state index in [0.717, 1.165) is 6.42 Å². The van der Waals surface area contributed by atoms with E-state index < -0.39 is 0 Å². The summed E-state index contributed by atoms with van der Waals surface area (Å²) in [5, 5.41) is 0. The second-order valence-corrected chi connectivity index (χ2v) is 3.63. The van der Waals surface area contributed by atoms with Crippen molar-refractivity contribution in [2.24, 2.45) is 5.92 Å². The lowest BCUT2D eigenvalue weighted by atomic mass is 9.96. The quantitative estimate of drug-likeness (QED) is 0.609. The molecule has 1 unspecified atom stereocenters. The van der Waals surface area contributed by atoms with Crippen LogP contribution in [0.3, 0.4) is 0 Å². The van der Waals surface area contributed by atoms with Gasteiger partial charge in [-0.25, -0.2) is 0 Å². The lowest BCUT2D eigenvalue weighted by molar-refractivity contribution is 0.0928. The van der Waals surface area contributed by atoms with Crippen molar-refractivity contribution in [2.75, 3.05) is 12.8 Å². The number of Topliss-reactive ketones (excluding diaryl/α,β-unsaturated/α-hetero) is 1. The van der Waals surface area contributed by atoms with E-state index in [1.54, 1.807) is 25.3 Å². The normalized spacial score (nSPS) is 12.2. The van der Waals surface area contributed by atoms with Gasteiger partial charge in [0.25, 0.3) is 0 Å². The minimum Gasteiger partial charge on any atom is -0.497 e. The first-order chi connectivity index (χ1) is 7.10. The largest absolute Gasteiger partial charge is 0.497 e. The molecule has 0 saturated heterocycles. The first kappa shape index (κ1) is 11.6. The number of nitrogens with two attached hydrogens (primary N) is 1. The Balaban J connectivity index is 3.07. The SMILES string of the molecule is CCC(C)C(=O)c1cc(OC)ccc1N. The third-order valence-electron chi connectivity index (χ3n) is 2.59. The summed E-state index contributed by atoms with van der Waals surface area (Å²) in [6.07, 6.45) is 0.815. The fourth-order valence-corrected chi connectivity index (χ4v) is 1.33. The summed E-state index contributed by atoms with van der Waals surface area (Å²) in [4.78, 5) is 11.9. The summed E-state index contributed by atoms with van der Waals surface area (Å²) in [6, 6.07) is 5.15. The van der Waals surface area contributed by atoms with Crippen LogP contribution in [0.1, 0.15) is 30.6 Å². The number of carbonyl (C=O) groups is 1. The highest BCUT2D eigenvalue weighted by atomic mass is 16.5. The molecule has 0 aliphatic heterocycles. The maximum Gasteiger partial charge on any atom is 0.167 e. The standard InChI is InChI=1S/C12H17NO2/c1-4-8(2)12(14)10-7-9(15-3)5-6-11(10)13/h5-8H,4,13H2,1-3H3. The Morgan fingerprint density at radius 1 is 1.53 bits per heavy atom. The predicted molar refractivity (Wildman–Crippen MR) is 61.2 cm³/mol. The average Bonchev–Trinajstić information content (AvgIpc) is 2.27. The highest BCUT2D eigenvalue weighted by molar-refractivity contribution is 6.02. The summed E-state index contributed by atoms with van der Waals surface area (Å²) < 4.78 is 5.07. The van der Waals surface area contributed by atoms with Gasteiger partial charge >= 0.3 is 0 Å². The summed E-state index contributed by atoms with van der Waals surface area (Å²) in [7, 11) is 1.57.